The molecule has 1 aliphatic heterocycles. The SMILES string of the molecule is Cc1cccc(-c2nnc(C3Cc4ccccc4OC3C)o2)c1. The van der Waals surface area contributed by atoms with Gasteiger partial charge in [-0.05, 0) is 44.0 Å². The summed E-state index contributed by atoms with van der Waals surface area (Å²) in [6.45, 7) is 4.10. The Morgan fingerprint density at radius 2 is 1.91 bits per heavy atom. The van der Waals surface area contributed by atoms with Crippen molar-refractivity contribution in [1.29, 1.82) is 0 Å². The lowest BCUT2D eigenvalue weighted by Gasteiger charge is -2.29. The molecule has 0 saturated carbocycles. The Morgan fingerprint density at radius 1 is 1.04 bits per heavy atom. The van der Waals surface area contributed by atoms with E-state index in [0.29, 0.717) is 11.8 Å². The molecular weight excluding hydrogens is 288 g/mol. The Balaban J connectivity index is 1.64. The molecule has 4 nitrogen and oxygen atoms in total. The first-order chi connectivity index (χ1) is 11.2. The quantitative estimate of drug-likeness (QED) is 0.713. The minimum Gasteiger partial charge on any atom is -0.490 e. The van der Waals surface area contributed by atoms with Crippen LogP contribution < -0.4 is 4.74 Å². The summed E-state index contributed by atoms with van der Waals surface area (Å²) in [6, 6.07) is 16.2. The molecule has 4 heteroatoms. The van der Waals surface area contributed by atoms with Crippen molar-refractivity contribution in [2.75, 3.05) is 0 Å². The first kappa shape index (κ1) is 14.0. The predicted octanol–water partition coefficient (Wildman–Crippen LogP) is 4.15. The third kappa shape index (κ3) is 2.61. The molecule has 0 fully saturated rings. The molecule has 3 aromatic rings. The lowest BCUT2D eigenvalue weighted by atomic mass is 9.91. The Kier molecular flexibility index (Phi) is 3.37. The molecule has 0 radical (unpaired) electrons. The standard InChI is InChI=1S/C19H18N2O2/c1-12-6-5-8-15(10-12)18-20-21-19(23-18)16-11-14-7-3-4-9-17(14)22-13(16)2/h3-10,13,16H,11H2,1-2H3. The van der Waals surface area contributed by atoms with Crippen LogP contribution >= 0.6 is 0 Å². The minimum atomic E-state index is 0.00992. The van der Waals surface area contributed by atoms with E-state index in [-0.39, 0.29) is 12.0 Å². The molecule has 0 amide bonds. The van der Waals surface area contributed by atoms with E-state index in [1.54, 1.807) is 0 Å². The second-order valence-electron chi connectivity index (χ2n) is 6.06. The largest absolute Gasteiger partial charge is 0.490 e. The summed E-state index contributed by atoms with van der Waals surface area (Å²) in [5.41, 5.74) is 3.31. The fourth-order valence-corrected chi connectivity index (χ4v) is 3.04. The van der Waals surface area contributed by atoms with E-state index in [4.69, 9.17) is 9.15 Å². The van der Waals surface area contributed by atoms with Gasteiger partial charge >= 0.3 is 0 Å². The van der Waals surface area contributed by atoms with Crippen molar-refractivity contribution in [3.05, 3.63) is 65.5 Å². The highest BCUT2D eigenvalue weighted by Gasteiger charge is 2.32. The zero-order valence-corrected chi connectivity index (χ0v) is 13.2. The Labute approximate surface area is 135 Å². The highest BCUT2D eigenvalue weighted by Crippen LogP contribution is 2.36. The summed E-state index contributed by atoms with van der Waals surface area (Å²) in [4.78, 5) is 0. The van der Waals surface area contributed by atoms with Gasteiger partial charge in [0, 0.05) is 5.56 Å². The fourth-order valence-electron chi connectivity index (χ4n) is 3.04. The van der Waals surface area contributed by atoms with Crippen molar-refractivity contribution in [3.63, 3.8) is 0 Å². The molecule has 116 valence electrons. The molecule has 0 bridgehead atoms. The average molecular weight is 306 g/mol. The Bertz CT molecular complexity index is 841. The van der Waals surface area contributed by atoms with E-state index in [1.165, 1.54) is 11.1 Å². The molecule has 0 saturated heterocycles. The molecular formula is C19H18N2O2. The van der Waals surface area contributed by atoms with Crippen molar-refractivity contribution in [3.8, 4) is 17.2 Å². The second kappa shape index (κ2) is 5.54. The summed E-state index contributed by atoms with van der Waals surface area (Å²) in [5, 5.41) is 8.49. The van der Waals surface area contributed by atoms with Gasteiger partial charge in [-0.15, -0.1) is 10.2 Å². The van der Waals surface area contributed by atoms with Crippen LogP contribution in [0.15, 0.2) is 52.9 Å². The number of aromatic nitrogens is 2. The van der Waals surface area contributed by atoms with Crippen molar-refractivity contribution < 1.29 is 9.15 Å². The van der Waals surface area contributed by atoms with Crippen molar-refractivity contribution in [2.24, 2.45) is 0 Å². The van der Waals surface area contributed by atoms with Crippen LogP contribution in [0.4, 0.5) is 0 Å². The van der Waals surface area contributed by atoms with Gasteiger partial charge in [0.1, 0.15) is 11.9 Å². The first-order valence-corrected chi connectivity index (χ1v) is 7.86. The van der Waals surface area contributed by atoms with Crippen LogP contribution in [0.1, 0.15) is 29.9 Å². The maximum absolute atomic E-state index is 6.01. The lowest BCUT2D eigenvalue weighted by molar-refractivity contribution is 0.153. The van der Waals surface area contributed by atoms with Gasteiger partial charge in [0.2, 0.25) is 11.8 Å². The van der Waals surface area contributed by atoms with Crippen LogP contribution in [0.25, 0.3) is 11.5 Å². The Morgan fingerprint density at radius 3 is 2.78 bits per heavy atom. The maximum Gasteiger partial charge on any atom is 0.247 e. The van der Waals surface area contributed by atoms with E-state index < -0.39 is 0 Å². The first-order valence-electron chi connectivity index (χ1n) is 7.86. The Hall–Kier alpha value is -2.62. The molecule has 23 heavy (non-hydrogen) atoms. The molecule has 1 aromatic heterocycles. The van der Waals surface area contributed by atoms with Gasteiger partial charge in [-0.3, -0.25) is 0 Å². The van der Waals surface area contributed by atoms with E-state index in [0.717, 1.165) is 17.7 Å². The number of aryl methyl sites for hydroxylation is 1. The van der Waals surface area contributed by atoms with Crippen LogP contribution in [-0.2, 0) is 6.42 Å². The molecule has 0 aliphatic carbocycles. The van der Waals surface area contributed by atoms with Crippen LogP contribution in [-0.4, -0.2) is 16.3 Å². The van der Waals surface area contributed by atoms with Gasteiger partial charge in [-0.25, -0.2) is 0 Å². The topological polar surface area (TPSA) is 48.2 Å². The monoisotopic (exact) mass is 306 g/mol. The summed E-state index contributed by atoms with van der Waals surface area (Å²) in [6.07, 6.45) is 0.864. The van der Waals surface area contributed by atoms with Crippen LogP contribution in [0.3, 0.4) is 0 Å². The van der Waals surface area contributed by atoms with Crippen LogP contribution in [0.5, 0.6) is 5.75 Å². The van der Waals surface area contributed by atoms with E-state index in [2.05, 4.69) is 36.2 Å². The number of hydrogen-bond acceptors (Lipinski definition) is 4. The van der Waals surface area contributed by atoms with Gasteiger partial charge in [0.15, 0.2) is 0 Å². The molecule has 2 unspecified atom stereocenters. The molecule has 2 atom stereocenters. The summed E-state index contributed by atoms with van der Waals surface area (Å²) >= 11 is 0. The molecule has 0 spiro atoms. The summed E-state index contributed by atoms with van der Waals surface area (Å²) < 4.78 is 12.0. The molecule has 2 heterocycles. The second-order valence-corrected chi connectivity index (χ2v) is 6.06. The van der Waals surface area contributed by atoms with E-state index in [1.807, 2.05) is 36.4 Å². The molecule has 2 aromatic carbocycles. The van der Waals surface area contributed by atoms with Gasteiger partial charge in [-0.2, -0.15) is 0 Å². The zero-order chi connectivity index (χ0) is 15.8. The zero-order valence-electron chi connectivity index (χ0n) is 13.2. The minimum absolute atomic E-state index is 0.00992. The van der Waals surface area contributed by atoms with Gasteiger partial charge in [0.05, 0.1) is 5.92 Å². The number of fused-ring (bicyclic) bond motifs is 1. The smallest absolute Gasteiger partial charge is 0.247 e. The number of para-hydroxylation sites is 1. The predicted molar refractivity (Wildman–Crippen MR) is 87.4 cm³/mol. The van der Waals surface area contributed by atoms with E-state index >= 15 is 0 Å². The number of hydrogen-bond donors (Lipinski definition) is 0. The fraction of sp³-hybridized carbons (Fsp3) is 0.263. The third-order valence-electron chi connectivity index (χ3n) is 4.31. The normalized spacial score (nSPS) is 19.9. The third-order valence-corrected chi connectivity index (χ3v) is 4.31. The lowest BCUT2D eigenvalue weighted by Crippen LogP contribution is -2.28. The number of benzene rings is 2. The van der Waals surface area contributed by atoms with Gasteiger partial charge < -0.3 is 9.15 Å². The van der Waals surface area contributed by atoms with Crippen LogP contribution in [0.2, 0.25) is 0 Å². The van der Waals surface area contributed by atoms with Crippen molar-refractivity contribution >= 4 is 0 Å². The summed E-state index contributed by atoms with van der Waals surface area (Å²) in [5.74, 6) is 2.24. The van der Waals surface area contributed by atoms with Crippen molar-refractivity contribution in [1.82, 2.24) is 10.2 Å². The van der Waals surface area contributed by atoms with E-state index in [9.17, 15) is 0 Å². The van der Waals surface area contributed by atoms with Crippen molar-refractivity contribution in [2.45, 2.75) is 32.3 Å². The number of rotatable bonds is 2. The average Bonchev–Trinajstić information content (AvgIpc) is 3.04. The highest BCUT2D eigenvalue weighted by atomic mass is 16.5. The number of ether oxygens (including phenoxy) is 1. The number of nitrogens with zero attached hydrogens (tertiary/aromatic N) is 2. The van der Waals surface area contributed by atoms with Crippen LogP contribution in [0, 0.1) is 6.92 Å². The molecule has 1 aliphatic rings. The van der Waals surface area contributed by atoms with Gasteiger partial charge in [-0.1, -0.05) is 35.9 Å². The molecule has 0 N–H and O–H groups in total. The van der Waals surface area contributed by atoms with Gasteiger partial charge in [0.25, 0.3) is 0 Å². The maximum atomic E-state index is 6.01. The highest BCUT2D eigenvalue weighted by molar-refractivity contribution is 5.53. The summed E-state index contributed by atoms with van der Waals surface area (Å²) in [7, 11) is 0. The molecule has 4 rings (SSSR count).